The highest BCUT2D eigenvalue weighted by Crippen LogP contribution is 2.36. The second-order valence-corrected chi connectivity index (χ2v) is 7.82. The fourth-order valence-corrected chi connectivity index (χ4v) is 3.21. The molecule has 0 spiro atoms. The van der Waals surface area contributed by atoms with Crippen molar-refractivity contribution in [2.75, 3.05) is 26.2 Å². The lowest BCUT2D eigenvalue weighted by atomic mass is 9.81. The van der Waals surface area contributed by atoms with Crippen molar-refractivity contribution in [3.05, 3.63) is 0 Å². The lowest BCUT2D eigenvalue weighted by Crippen LogP contribution is -2.46. The van der Waals surface area contributed by atoms with E-state index in [1.807, 2.05) is 0 Å². The number of hydrogen-bond acceptors (Lipinski definition) is 2. The maximum atomic E-state index is 3.70. The Morgan fingerprint density at radius 2 is 1.50 bits per heavy atom. The van der Waals surface area contributed by atoms with E-state index < -0.39 is 0 Å². The standard InChI is InChI=1S/C18H36N2/c1-5-18(6-2,13-19-15(3)4)14-20(11-16-7-8-16)12-17-9-10-17/h15-17,19H,5-14H2,1-4H3. The van der Waals surface area contributed by atoms with Crippen LogP contribution in [0.5, 0.6) is 0 Å². The molecule has 0 amide bonds. The van der Waals surface area contributed by atoms with Crippen LogP contribution < -0.4 is 5.32 Å². The van der Waals surface area contributed by atoms with E-state index in [0.29, 0.717) is 11.5 Å². The van der Waals surface area contributed by atoms with Gasteiger partial charge in [0.25, 0.3) is 0 Å². The summed E-state index contributed by atoms with van der Waals surface area (Å²) in [5.74, 6) is 2.05. The Hall–Kier alpha value is -0.0800. The molecule has 2 fully saturated rings. The second kappa shape index (κ2) is 7.26. The van der Waals surface area contributed by atoms with Crippen LogP contribution in [0.4, 0.5) is 0 Å². The van der Waals surface area contributed by atoms with Crippen LogP contribution in [-0.4, -0.2) is 37.1 Å². The Morgan fingerprint density at radius 1 is 1.00 bits per heavy atom. The van der Waals surface area contributed by atoms with Crippen LogP contribution in [0.3, 0.4) is 0 Å². The average Bonchev–Trinajstić information content (AvgIpc) is 3.30. The van der Waals surface area contributed by atoms with Crippen molar-refractivity contribution < 1.29 is 0 Å². The Morgan fingerprint density at radius 3 is 1.85 bits per heavy atom. The summed E-state index contributed by atoms with van der Waals surface area (Å²) < 4.78 is 0. The van der Waals surface area contributed by atoms with Crippen molar-refractivity contribution in [1.29, 1.82) is 0 Å². The van der Waals surface area contributed by atoms with Gasteiger partial charge in [-0.15, -0.1) is 0 Å². The van der Waals surface area contributed by atoms with Gasteiger partial charge in [-0.1, -0.05) is 27.7 Å². The first-order valence-corrected chi connectivity index (χ1v) is 9.02. The maximum Gasteiger partial charge on any atom is 0.00502 e. The first kappa shape index (κ1) is 16.3. The van der Waals surface area contributed by atoms with Crippen molar-refractivity contribution >= 4 is 0 Å². The zero-order valence-corrected chi connectivity index (χ0v) is 14.3. The summed E-state index contributed by atoms with van der Waals surface area (Å²) >= 11 is 0. The van der Waals surface area contributed by atoms with E-state index in [4.69, 9.17) is 0 Å². The molecule has 0 atom stereocenters. The van der Waals surface area contributed by atoms with E-state index in [1.54, 1.807) is 0 Å². The Labute approximate surface area is 126 Å². The van der Waals surface area contributed by atoms with Gasteiger partial charge in [-0.05, 0) is 55.8 Å². The van der Waals surface area contributed by atoms with E-state index in [1.165, 1.54) is 64.7 Å². The summed E-state index contributed by atoms with van der Waals surface area (Å²) in [6.45, 7) is 14.6. The smallest absolute Gasteiger partial charge is 0.00502 e. The van der Waals surface area contributed by atoms with Crippen molar-refractivity contribution in [1.82, 2.24) is 10.2 Å². The minimum Gasteiger partial charge on any atom is -0.314 e. The van der Waals surface area contributed by atoms with E-state index in [0.717, 1.165) is 11.8 Å². The highest BCUT2D eigenvalue weighted by molar-refractivity contribution is 4.88. The summed E-state index contributed by atoms with van der Waals surface area (Å²) in [5, 5.41) is 3.70. The van der Waals surface area contributed by atoms with Gasteiger partial charge in [-0.25, -0.2) is 0 Å². The number of hydrogen-bond donors (Lipinski definition) is 1. The molecule has 0 saturated heterocycles. The van der Waals surface area contributed by atoms with Crippen molar-refractivity contribution in [3.63, 3.8) is 0 Å². The molecule has 0 unspecified atom stereocenters. The van der Waals surface area contributed by atoms with Gasteiger partial charge >= 0.3 is 0 Å². The number of nitrogens with one attached hydrogen (secondary N) is 1. The summed E-state index contributed by atoms with van der Waals surface area (Å²) in [6, 6.07) is 0.604. The third-order valence-corrected chi connectivity index (χ3v) is 5.37. The van der Waals surface area contributed by atoms with Crippen LogP contribution in [0.1, 0.15) is 66.2 Å². The van der Waals surface area contributed by atoms with Crippen LogP contribution in [0, 0.1) is 17.3 Å². The molecule has 0 aliphatic heterocycles. The fraction of sp³-hybridized carbons (Fsp3) is 1.00. The lowest BCUT2D eigenvalue weighted by molar-refractivity contribution is 0.123. The minimum atomic E-state index is 0.480. The predicted molar refractivity (Wildman–Crippen MR) is 88.0 cm³/mol. The first-order chi connectivity index (χ1) is 9.57. The summed E-state index contributed by atoms with van der Waals surface area (Å²) in [5.41, 5.74) is 0.480. The molecule has 2 saturated carbocycles. The van der Waals surface area contributed by atoms with Gasteiger partial charge in [0.2, 0.25) is 0 Å². The van der Waals surface area contributed by atoms with Crippen molar-refractivity contribution in [3.8, 4) is 0 Å². The SMILES string of the molecule is CCC(CC)(CNC(C)C)CN(CC1CC1)CC1CC1. The van der Waals surface area contributed by atoms with E-state index in [9.17, 15) is 0 Å². The quantitative estimate of drug-likeness (QED) is 0.617. The molecule has 2 aliphatic carbocycles. The van der Waals surface area contributed by atoms with Crippen LogP contribution in [0.2, 0.25) is 0 Å². The van der Waals surface area contributed by atoms with Crippen molar-refractivity contribution in [2.45, 2.75) is 72.3 Å². The predicted octanol–water partition coefficient (Wildman–Crippen LogP) is 3.91. The Bertz CT molecular complexity index is 261. The first-order valence-electron chi connectivity index (χ1n) is 9.02. The molecule has 0 aromatic rings. The van der Waals surface area contributed by atoms with E-state index in [-0.39, 0.29) is 0 Å². The average molecular weight is 280 g/mol. The van der Waals surface area contributed by atoms with Gasteiger partial charge in [0.1, 0.15) is 0 Å². The van der Waals surface area contributed by atoms with Crippen LogP contribution in [0.25, 0.3) is 0 Å². The molecule has 0 aromatic heterocycles. The van der Waals surface area contributed by atoms with Crippen LogP contribution in [0.15, 0.2) is 0 Å². The second-order valence-electron chi connectivity index (χ2n) is 7.82. The summed E-state index contributed by atoms with van der Waals surface area (Å²) in [6.07, 6.45) is 8.53. The lowest BCUT2D eigenvalue weighted by Gasteiger charge is -2.38. The monoisotopic (exact) mass is 280 g/mol. The minimum absolute atomic E-state index is 0.480. The number of rotatable bonds is 11. The zero-order valence-electron chi connectivity index (χ0n) is 14.3. The largest absolute Gasteiger partial charge is 0.314 e. The van der Waals surface area contributed by atoms with Gasteiger partial charge < -0.3 is 10.2 Å². The summed E-state index contributed by atoms with van der Waals surface area (Å²) in [4.78, 5) is 2.82. The van der Waals surface area contributed by atoms with Crippen LogP contribution in [-0.2, 0) is 0 Å². The van der Waals surface area contributed by atoms with E-state index in [2.05, 4.69) is 37.9 Å². The van der Waals surface area contributed by atoms with Crippen LogP contribution >= 0.6 is 0 Å². The third-order valence-electron chi connectivity index (χ3n) is 5.37. The number of nitrogens with zero attached hydrogens (tertiary/aromatic N) is 1. The molecular weight excluding hydrogens is 244 g/mol. The van der Waals surface area contributed by atoms with Gasteiger partial charge in [0.05, 0.1) is 0 Å². The molecule has 2 aliphatic rings. The van der Waals surface area contributed by atoms with Gasteiger partial charge in [-0.3, -0.25) is 0 Å². The molecular formula is C18H36N2. The molecule has 2 heteroatoms. The topological polar surface area (TPSA) is 15.3 Å². The molecule has 2 rings (SSSR count). The molecule has 118 valence electrons. The molecule has 20 heavy (non-hydrogen) atoms. The van der Waals surface area contributed by atoms with Gasteiger partial charge in [0, 0.05) is 32.2 Å². The summed E-state index contributed by atoms with van der Waals surface area (Å²) in [7, 11) is 0. The van der Waals surface area contributed by atoms with Gasteiger partial charge in [-0.2, -0.15) is 0 Å². The maximum absolute atomic E-state index is 3.70. The normalized spacial score (nSPS) is 20.1. The molecule has 2 nitrogen and oxygen atoms in total. The van der Waals surface area contributed by atoms with E-state index >= 15 is 0 Å². The Balaban J connectivity index is 1.90. The highest BCUT2D eigenvalue weighted by Gasteiger charge is 2.34. The highest BCUT2D eigenvalue weighted by atomic mass is 15.1. The van der Waals surface area contributed by atoms with Gasteiger partial charge in [0.15, 0.2) is 0 Å². The third kappa shape index (κ3) is 5.37. The molecule has 1 N–H and O–H groups in total. The molecule has 0 radical (unpaired) electrons. The van der Waals surface area contributed by atoms with Crippen molar-refractivity contribution in [2.24, 2.45) is 17.3 Å². The zero-order chi connectivity index (χ0) is 14.6. The molecule has 0 heterocycles. The fourth-order valence-electron chi connectivity index (χ4n) is 3.21. The Kier molecular flexibility index (Phi) is 5.92. The molecule has 0 bridgehead atoms. The molecule has 0 aromatic carbocycles.